The molecule has 1 aromatic carbocycles. The van der Waals surface area contributed by atoms with Crippen LogP contribution in [0.25, 0.3) is 0 Å². The molecule has 1 aliphatic rings. The van der Waals surface area contributed by atoms with Crippen molar-refractivity contribution >= 4 is 10.8 Å². The summed E-state index contributed by atoms with van der Waals surface area (Å²) in [5.41, 5.74) is 0.621. The van der Waals surface area contributed by atoms with Gasteiger partial charge >= 0.3 is 0 Å². The van der Waals surface area contributed by atoms with Crippen molar-refractivity contribution in [2.24, 2.45) is 0 Å². The minimum absolute atomic E-state index is 0.605. The lowest BCUT2D eigenvalue weighted by molar-refractivity contribution is 0.247. The molecule has 102 valence electrons. The molecule has 0 amide bonds. The highest BCUT2D eigenvalue weighted by atomic mass is 32.2. The highest BCUT2D eigenvalue weighted by Gasteiger charge is 2.14. The molecule has 1 aromatic rings. The second-order valence-corrected chi connectivity index (χ2v) is 6.23. The van der Waals surface area contributed by atoms with Crippen LogP contribution < -0.4 is 4.74 Å². The minimum Gasteiger partial charge on any atom is -0.494 e. The zero-order chi connectivity index (χ0) is 13.5. The lowest BCUT2D eigenvalue weighted by atomic mass is 10.2. The molecule has 5 heteroatoms. The number of nitriles is 1. The molecule has 1 fully saturated rings. The lowest BCUT2D eigenvalue weighted by Crippen LogP contribution is -2.38. The van der Waals surface area contributed by atoms with Gasteiger partial charge in [-0.15, -0.1) is 0 Å². The SMILES string of the molecule is N#Cc1cccc(OCCCN2CCS(=O)CC2)c1. The van der Waals surface area contributed by atoms with Crippen molar-refractivity contribution in [3.05, 3.63) is 29.8 Å². The zero-order valence-corrected chi connectivity index (χ0v) is 11.7. The van der Waals surface area contributed by atoms with E-state index in [1.165, 1.54) is 0 Å². The van der Waals surface area contributed by atoms with Gasteiger partial charge in [0.15, 0.2) is 0 Å². The highest BCUT2D eigenvalue weighted by Crippen LogP contribution is 2.12. The van der Waals surface area contributed by atoms with Crippen molar-refractivity contribution in [2.45, 2.75) is 6.42 Å². The molecule has 0 N–H and O–H groups in total. The fourth-order valence-electron chi connectivity index (χ4n) is 2.03. The van der Waals surface area contributed by atoms with Crippen LogP contribution >= 0.6 is 0 Å². The number of ether oxygens (including phenoxy) is 1. The molecule has 2 rings (SSSR count). The van der Waals surface area contributed by atoms with Crippen molar-refractivity contribution in [3.63, 3.8) is 0 Å². The van der Waals surface area contributed by atoms with Gasteiger partial charge in [-0.2, -0.15) is 5.26 Å². The van der Waals surface area contributed by atoms with Crippen molar-refractivity contribution in [3.8, 4) is 11.8 Å². The molecule has 1 saturated heterocycles. The van der Waals surface area contributed by atoms with Crippen LogP contribution in [0.2, 0.25) is 0 Å². The van der Waals surface area contributed by atoms with E-state index < -0.39 is 10.8 Å². The fourth-order valence-corrected chi connectivity index (χ4v) is 3.16. The minimum atomic E-state index is -0.605. The van der Waals surface area contributed by atoms with Gasteiger partial charge in [0, 0.05) is 41.9 Å². The molecule has 0 bridgehead atoms. The maximum atomic E-state index is 11.2. The van der Waals surface area contributed by atoms with Crippen LogP contribution in [0.3, 0.4) is 0 Å². The maximum Gasteiger partial charge on any atom is 0.120 e. The average Bonchev–Trinajstić information content (AvgIpc) is 2.46. The van der Waals surface area contributed by atoms with Crippen LogP contribution in [0, 0.1) is 11.3 Å². The maximum absolute atomic E-state index is 11.2. The first kappa shape index (κ1) is 14.0. The molecule has 1 aliphatic heterocycles. The van der Waals surface area contributed by atoms with Crippen LogP contribution in [-0.4, -0.2) is 46.9 Å². The molecule has 0 aromatic heterocycles. The van der Waals surface area contributed by atoms with Gasteiger partial charge in [-0.3, -0.25) is 4.21 Å². The molecule has 19 heavy (non-hydrogen) atoms. The summed E-state index contributed by atoms with van der Waals surface area (Å²) < 4.78 is 16.8. The van der Waals surface area contributed by atoms with E-state index in [9.17, 15) is 4.21 Å². The molecule has 0 spiro atoms. The summed E-state index contributed by atoms with van der Waals surface area (Å²) in [7, 11) is -0.605. The second-order valence-electron chi connectivity index (χ2n) is 4.53. The molecule has 4 nitrogen and oxygen atoms in total. The number of benzene rings is 1. The van der Waals surface area contributed by atoms with Gasteiger partial charge in [0.25, 0.3) is 0 Å². The third-order valence-electron chi connectivity index (χ3n) is 3.12. The largest absolute Gasteiger partial charge is 0.494 e. The Morgan fingerprint density at radius 2 is 2.16 bits per heavy atom. The summed E-state index contributed by atoms with van der Waals surface area (Å²) in [6.07, 6.45) is 0.948. The Balaban J connectivity index is 1.66. The van der Waals surface area contributed by atoms with Gasteiger partial charge in [-0.05, 0) is 24.6 Å². The molecular weight excluding hydrogens is 260 g/mol. The molecular formula is C14H18N2O2S. The van der Waals surface area contributed by atoms with Crippen molar-refractivity contribution in [1.29, 1.82) is 5.26 Å². The van der Waals surface area contributed by atoms with E-state index in [0.717, 1.165) is 43.3 Å². The summed E-state index contributed by atoms with van der Waals surface area (Å²) in [5, 5.41) is 8.79. The molecule has 0 saturated carbocycles. The first-order valence-electron chi connectivity index (χ1n) is 6.48. The Morgan fingerprint density at radius 1 is 1.37 bits per heavy atom. The first-order valence-corrected chi connectivity index (χ1v) is 7.97. The lowest BCUT2D eigenvalue weighted by Gasteiger charge is -2.25. The predicted molar refractivity (Wildman–Crippen MR) is 75.6 cm³/mol. The van der Waals surface area contributed by atoms with Gasteiger partial charge in [-0.1, -0.05) is 6.07 Å². The third-order valence-corrected chi connectivity index (χ3v) is 4.40. The summed E-state index contributed by atoms with van der Waals surface area (Å²) in [4.78, 5) is 2.33. The first-order chi connectivity index (χ1) is 9.28. The van der Waals surface area contributed by atoms with Crippen LogP contribution in [0.4, 0.5) is 0 Å². The third kappa shape index (κ3) is 4.66. The van der Waals surface area contributed by atoms with Crippen molar-refractivity contribution < 1.29 is 8.95 Å². The normalized spacial score (nSPS) is 17.0. The van der Waals surface area contributed by atoms with Gasteiger partial charge in [0.05, 0.1) is 18.2 Å². The fraction of sp³-hybridized carbons (Fsp3) is 0.500. The van der Waals surface area contributed by atoms with Crippen LogP contribution in [0.5, 0.6) is 5.75 Å². The predicted octanol–water partition coefficient (Wildman–Crippen LogP) is 1.39. The summed E-state index contributed by atoms with van der Waals surface area (Å²) >= 11 is 0. The topological polar surface area (TPSA) is 53.3 Å². The second kappa shape index (κ2) is 7.27. The van der Waals surface area contributed by atoms with Gasteiger partial charge in [0.2, 0.25) is 0 Å². The summed E-state index contributed by atoms with van der Waals surface area (Å²) in [6.45, 7) is 3.48. The van der Waals surface area contributed by atoms with E-state index in [0.29, 0.717) is 12.2 Å². The summed E-state index contributed by atoms with van der Waals surface area (Å²) in [5.74, 6) is 2.34. The monoisotopic (exact) mass is 278 g/mol. The Hall–Kier alpha value is -1.38. The van der Waals surface area contributed by atoms with Crippen molar-refractivity contribution in [1.82, 2.24) is 4.90 Å². The van der Waals surface area contributed by atoms with Crippen LogP contribution in [-0.2, 0) is 10.8 Å². The van der Waals surface area contributed by atoms with E-state index >= 15 is 0 Å². The van der Waals surface area contributed by atoms with E-state index in [2.05, 4.69) is 11.0 Å². The Labute approximate surface area is 116 Å². The molecule has 0 aliphatic carbocycles. The van der Waals surface area contributed by atoms with Crippen LogP contribution in [0.1, 0.15) is 12.0 Å². The smallest absolute Gasteiger partial charge is 0.120 e. The Morgan fingerprint density at radius 3 is 2.89 bits per heavy atom. The van der Waals surface area contributed by atoms with E-state index in [1.54, 1.807) is 12.1 Å². The van der Waals surface area contributed by atoms with Gasteiger partial charge in [-0.25, -0.2) is 0 Å². The molecule has 0 radical (unpaired) electrons. The molecule has 0 unspecified atom stereocenters. The number of hydrogen-bond donors (Lipinski definition) is 0. The number of hydrogen-bond acceptors (Lipinski definition) is 4. The van der Waals surface area contributed by atoms with Gasteiger partial charge in [0.1, 0.15) is 5.75 Å². The van der Waals surface area contributed by atoms with E-state index in [1.807, 2.05) is 12.1 Å². The quantitative estimate of drug-likeness (QED) is 0.764. The van der Waals surface area contributed by atoms with Crippen molar-refractivity contribution in [2.75, 3.05) is 37.7 Å². The number of nitrogens with zero attached hydrogens (tertiary/aromatic N) is 2. The Bertz CT molecular complexity index is 475. The summed E-state index contributed by atoms with van der Waals surface area (Å²) in [6, 6.07) is 9.31. The Kier molecular flexibility index (Phi) is 5.37. The van der Waals surface area contributed by atoms with Gasteiger partial charge < -0.3 is 9.64 Å². The highest BCUT2D eigenvalue weighted by molar-refractivity contribution is 7.85. The zero-order valence-electron chi connectivity index (χ0n) is 10.9. The van der Waals surface area contributed by atoms with Crippen LogP contribution in [0.15, 0.2) is 24.3 Å². The van der Waals surface area contributed by atoms with E-state index in [4.69, 9.17) is 10.00 Å². The van der Waals surface area contributed by atoms with E-state index in [-0.39, 0.29) is 0 Å². The standard InChI is InChI=1S/C14H18N2O2S/c15-12-13-3-1-4-14(11-13)18-8-2-5-16-6-9-19(17)10-7-16/h1,3-4,11H,2,5-10H2. The average molecular weight is 278 g/mol. The number of rotatable bonds is 5. The molecule has 1 heterocycles. The molecule has 0 atom stereocenters.